The third-order valence-electron chi connectivity index (χ3n) is 4.41. The van der Waals surface area contributed by atoms with E-state index in [0.717, 1.165) is 28.7 Å². The van der Waals surface area contributed by atoms with Gasteiger partial charge in [-0.05, 0) is 35.7 Å². The van der Waals surface area contributed by atoms with Crippen molar-refractivity contribution in [2.24, 2.45) is 0 Å². The number of hydrogen-bond donors (Lipinski definition) is 1. The van der Waals surface area contributed by atoms with Crippen molar-refractivity contribution < 1.29 is 4.74 Å². The zero-order valence-electron chi connectivity index (χ0n) is 13.2. The maximum atomic E-state index is 6.43. The molecule has 0 aliphatic carbocycles. The molecule has 6 heteroatoms. The van der Waals surface area contributed by atoms with E-state index in [1.165, 1.54) is 5.56 Å². The minimum absolute atomic E-state index is 0.0459. The molecule has 0 bridgehead atoms. The molecule has 0 fully saturated rings. The van der Waals surface area contributed by atoms with Crippen LogP contribution >= 0.6 is 11.6 Å². The van der Waals surface area contributed by atoms with Crippen molar-refractivity contribution in [3.8, 4) is 5.75 Å². The summed E-state index contributed by atoms with van der Waals surface area (Å²) in [5.74, 6) is 1.60. The Morgan fingerprint density at radius 1 is 1.17 bits per heavy atom. The largest absolute Gasteiger partial charge is 0.497 e. The standard InChI is InChI=1S/C18H17ClN4O/c1-24-13-8-6-12(7-9-13)16-10-17(14-4-2-3-5-15(14)19)23-18(22-16)20-11-21-23/h2-9,11,16-17H,10H2,1H3,(H,20,21,22)/t16-,17-/m0/s1. The molecule has 2 atom stereocenters. The SMILES string of the molecule is COc1ccc([C@@H]2C[C@@H](c3ccccc3Cl)n3ncnc3N2)cc1. The molecule has 1 aliphatic rings. The number of hydrogen-bond acceptors (Lipinski definition) is 4. The third kappa shape index (κ3) is 2.61. The van der Waals surface area contributed by atoms with Gasteiger partial charge in [-0.2, -0.15) is 10.1 Å². The molecule has 2 heterocycles. The predicted octanol–water partition coefficient (Wildman–Crippen LogP) is 4.09. The molecule has 1 N–H and O–H groups in total. The molecule has 3 aromatic rings. The lowest BCUT2D eigenvalue weighted by Gasteiger charge is -2.32. The Bertz CT molecular complexity index is 846. The summed E-state index contributed by atoms with van der Waals surface area (Å²) in [5.41, 5.74) is 2.24. The van der Waals surface area contributed by atoms with E-state index in [0.29, 0.717) is 0 Å². The molecule has 24 heavy (non-hydrogen) atoms. The fraction of sp³-hybridized carbons (Fsp3) is 0.222. The fourth-order valence-corrected chi connectivity index (χ4v) is 3.44. The van der Waals surface area contributed by atoms with Gasteiger partial charge in [0, 0.05) is 5.02 Å². The number of nitrogens with zero attached hydrogens (tertiary/aromatic N) is 3. The molecule has 0 saturated heterocycles. The Kier molecular flexibility index (Phi) is 3.86. The topological polar surface area (TPSA) is 52.0 Å². The normalized spacial score (nSPS) is 19.4. The quantitative estimate of drug-likeness (QED) is 0.780. The number of nitrogens with one attached hydrogen (secondary N) is 1. The predicted molar refractivity (Wildman–Crippen MR) is 93.6 cm³/mol. The van der Waals surface area contributed by atoms with Gasteiger partial charge in [-0.1, -0.05) is 41.9 Å². The van der Waals surface area contributed by atoms with E-state index in [1.54, 1.807) is 13.4 Å². The van der Waals surface area contributed by atoms with Crippen LogP contribution in [-0.2, 0) is 0 Å². The summed E-state index contributed by atoms with van der Waals surface area (Å²) in [6, 6.07) is 16.2. The van der Waals surface area contributed by atoms with Gasteiger partial charge in [0.1, 0.15) is 12.1 Å². The van der Waals surface area contributed by atoms with Crippen LogP contribution in [0.15, 0.2) is 54.9 Å². The van der Waals surface area contributed by atoms with Crippen LogP contribution in [0.5, 0.6) is 5.75 Å². The second-order valence-corrected chi connectivity index (χ2v) is 6.18. The van der Waals surface area contributed by atoms with Crippen LogP contribution in [0.4, 0.5) is 5.95 Å². The van der Waals surface area contributed by atoms with Crippen molar-refractivity contribution in [1.29, 1.82) is 0 Å². The van der Waals surface area contributed by atoms with Crippen molar-refractivity contribution in [2.75, 3.05) is 12.4 Å². The summed E-state index contributed by atoms with van der Waals surface area (Å²) in [7, 11) is 1.67. The van der Waals surface area contributed by atoms with Crippen molar-refractivity contribution in [3.05, 3.63) is 71.0 Å². The van der Waals surface area contributed by atoms with Crippen LogP contribution < -0.4 is 10.1 Å². The molecular formula is C18H17ClN4O. The number of fused-ring (bicyclic) bond motifs is 1. The summed E-state index contributed by atoms with van der Waals surface area (Å²) in [6.07, 6.45) is 2.41. The van der Waals surface area contributed by atoms with Gasteiger partial charge in [-0.3, -0.25) is 0 Å². The van der Waals surface area contributed by atoms with Gasteiger partial charge in [0.05, 0.1) is 19.2 Å². The minimum atomic E-state index is 0.0459. The molecular weight excluding hydrogens is 324 g/mol. The molecule has 0 amide bonds. The molecule has 0 saturated carbocycles. The van der Waals surface area contributed by atoms with Crippen LogP contribution in [-0.4, -0.2) is 21.9 Å². The van der Waals surface area contributed by atoms with Crippen molar-refractivity contribution >= 4 is 17.5 Å². The van der Waals surface area contributed by atoms with E-state index in [2.05, 4.69) is 33.6 Å². The highest BCUT2D eigenvalue weighted by molar-refractivity contribution is 6.31. The fourth-order valence-electron chi connectivity index (χ4n) is 3.18. The van der Waals surface area contributed by atoms with Crippen molar-refractivity contribution in [1.82, 2.24) is 14.8 Å². The first-order chi connectivity index (χ1) is 11.8. The maximum absolute atomic E-state index is 6.43. The number of benzene rings is 2. The number of ether oxygens (including phenoxy) is 1. The van der Waals surface area contributed by atoms with E-state index < -0.39 is 0 Å². The van der Waals surface area contributed by atoms with Gasteiger partial charge >= 0.3 is 0 Å². The van der Waals surface area contributed by atoms with E-state index >= 15 is 0 Å². The summed E-state index contributed by atoms with van der Waals surface area (Å²) < 4.78 is 7.15. The molecule has 0 spiro atoms. The lowest BCUT2D eigenvalue weighted by molar-refractivity contribution is 0.413. The van der Waals surface area contributed by atoms with Crippen LogP contribution in [0, 0.1) is 0 Å². The summed E-state index contributed by atoms with van der Waals surface area (Å²) in [4.78, 5) is 4.34. The van der Waals surface area contributed by atoms with Gasteiger partial charge in [0.15, 0.2) is 0 Å². The molecule has 5 nitrogen and oxygen atoms in total. The maximum Gasteiger partial charge on any atom is 0.222 e. The van der Waals surface area contributed by atoms with E-state index in [9.17, 15) is 0 Å². The molecule has 0 radical (unpaired) electrons. The smallest absolute Gasteiger partial charge is 0.222 e. The lowest BCUT2D eigenvalue weighted by Crippen LogP contribution is -2.28. The average molecular weight is 341 g/mol. The number of halogens is 1. The van der Waals surface area contributed by atoms with Crippen LogP contribution in [0.2, 0.25) is 5.02 Å². The first-order valence-electron chi connectivity index (χ1n) is 7.80. The zero-order chi connectivity index (χ0) is 16.5. The van der Waals surface area contributed by atoms with Crippen molar-refractivity contribution in [3.63, 3.8) is 0 Å². The highest BCUT2D eigenvalue weighted by Crippen LogP contribution is 2.39. The number of anilines is 1. The molecule has 1 aliphatic heterocycles. The Balaban J connectivity index is 1.72. The second kappa shape index (κ2) is 6.17. The zero-order valence-corrected chi connectivity index (χ0v) is 13.9. The summed E-state index contributed by atoms with van der Waals surface area (Å²) in [6.45, 7) is 0. The second-order valence-electron chi connectivity index (χ2n) is 5.77. The van der Waals surface area contributed by atoms with Crippen LogP contribution in [0.25, 0.3) is 0 Å². The molecule has 0 unspecified atom stereocenters. The van der Waals surface area contributed by atoms with E-state index in [-0.39, 0.29) is 12.1 Å². The van der Waals surface area contributed by atoms with Gasteiger partial charge in [-0.25, -0.2) is 4.68 Å². The Morgan fingerprint density at radius 3 is 2.71 bits per heavy atom. The van der Waals surface area contributed by atoms with Crippen LogP contribution in [0.1, 0.15) is 29.6 Å². The van der Waals surface area contributed by atoms with Gasteiger partial charge in [0.25, 0.3) is 0 Å². The first kappa shape index (κ1) is 15.0. The summed E-state index contributed by atoms with van der Waals surface area (Å²) >= 11 is 6.43. The average Bonchev–Trinajstić information content (AvgIpc) is 3.10. The molecule has 2 aromatic carbocycles. The Morgan fingerprint density at radius 2 is 1.96 bits per heavy atom. The van der Waals surface area contributed by atoms with Crippen molar-refractivity contribution in [2.45, 2.75) is 18.5 Å². The van der Waals surface area contributed by atoms with Crippen LogP contribution in [0.3, 0.4) is 0 Å². The Hall–Kier alpha value is -2.53. The lowest BCUT2D eigenvalue weighted by atomic mass is 9.93. The third-order valence-corrected chi connectivity index (χ3v) is 4.76. The minimum Gasteiger partial charge on any atom is -0.497 e. The first-order valence-corrected chi connectivity index (χ1v) is 8.18. The number of aromatic nitrogens is 3. The molecule has 122 valence electrons. The monoisotopic (exact) mass is 340 g/mol. The number of rotatable bonds is 3. The Labute approximate surface area is 145 Å². The molecule has 4 rings (SSSR count). The highest BCUT2D eigenvalue weighted by atomic mass is 35.5. The van der Waals surface area contributed by atoms with E-state index in [4.69, 9.17) is 16.3 Å². The molecule has 1 aromatic heterocycles. The van der Waals surface area contributed by atoms with Gasteiger partial charge < -0.3 is 10.1 Å². The highest BCUT2D eigenvalue weighted by Gasteiger charge is 2.30. The summed E-state index contributed by atoms with van der Waals surface area (Å²) in [5, 5.41) is 8.58. The van der Waals surface area contributed by atoms with E-state index in [1.807, 2.05) is 35.0 Å². The van der Waals surface area contributed by atoms with Gasteiger partial charge in [0.2, 0.25) is 5.95 Å². The number of methoxy groups -OCH3 is 1. The van der Waals surface area contributed by atoms with Gasteiger partial charge in [-0.15, -0.1) is 0 Å².